The van der Waals surface area contributed by atoms with Gasteiger partial charge in [0.15, 0.2) is 0 Å². The quantitative estimate of drug-likeness (QED) is 0.261. The van der Waals surface area contributed by atoms with Crippen molar-refractivity contribution in [2.45, 2.75) is 67.8 Å². The van der Waals surface area contributed by atoms with Crippen LogP contribution >= 0.6 is 10.0 Å². The van der Waals surface area contributed by atoms with Crippen molar-refractivity contribution in [2.24, 2.45) is 5.92 Å². The number of rotatable bonds is 3. The first-order valence-electron chi connectivity index (χ1n) is 14.0. The van der Waals surface area contributed by atoms with Crippen LogP contribution in [0.2, 0.25) is 0 Å². The summed E-state index contributed by atoms with van der Waals surface area (Å²) in [5.41, 5.74) is 13.9. The highest BCUT2D eigenvalue weighted by molar-refractivity contribution is 8.34. The van der Waals surface area contributed by atoms with Gasteiger partial charge in [-0.15, -0.1) is 0 Å². The van der Waals surface area contributed by atoms with E-state index in [1.54, 1.807) is 27.1 Å². The third-order valence-electron chi connectivity index (χ3n) is 9.60. The number of fused-ring (bicyclic) bond motifs is 1. The van der Waals surface area contributed by atoms with E-state index in [9.17, 15) is 0 Å². The van der Waals surface area contributed by atoms with E-state index >= 15 is 0 Å². The first kappa shape index (κ1) is 23.4. The summed E-state index contributed by atoms with van der Waals surface area (Å²) < 4.78 is 0. The maximum Gasteiger partial charge on any atom is 0.0223 e. The van der Waals surface area contributed by atoms with Gasteiger partial charge >= 0.3 is 0 Å². The molecule has 37 heavy (non-hydrogen) atoms. The standard InChI is InChI=1S/C36H38S/c1-23-22-31-28(24-10-7-6-8-11-24)18-21-33-34(31)35(23)37(33,5)32-20-19-29-27(12-9-13-30(29)32)25-14-16-26(17-15-25)36(2,3)4/h6-18,21,23,32,35H,19-20,22H2,1-5H3. The highest BCUT2D eigenvalue weighted by atomic mass is 32.3. The molecule has 4 unspecified atom stereocenters. The van der Waals surface area contributed by atoms with Crippen molar-refractivity contribution >= 4 is 10.0 Å². The lowest BCUT2D eigenvalue weighted by atomic mass is 9.86. The Balaban J connectivity index is 1.29. The summed E-state index contributed by atoms with van der Waals surface area (Å²) in [6.45, 7) is 9.41. The largest absolute Gasteiger partial charge is 0.203 e. The van der Waals surface area contributed by atoms with Crippen molar-refractivity contribution in [3.8, 4) is 22.3 Å². The van der Waals surface area contributed by atoms with Crippen molar-refractivity contribution in [1.82, 2.24) is 0 Å². The molecule has 4 atom stereocenters. The fourth-order valence-corrected chi connectivity index (χ4v) is 12.9. The first-order chi connectivity index (χ1) is 17.8. The number of benzene rings is 4. The second kappa shape index (κ2) is 8.11. The van der Waals surface area contributed by atoms with E-state index in [1.807, 2.05) is 0 Å². The molecule has 0 saturated carbocycles. The summed E-state index contributed by atoms with van der Waals surface area (Å²) in [5, 5.41) is 1.44. The van der Waals surface area contributed by atoms with Gasteiger partial charge in [0.05, 0.1) is 0 Å². The Bertz CT molecular complexity index is 1510. The second-order valence-corrected chi connectivity index (χ2v) is 16.4. The molecular weight excluding hydrogens is 464 g/mol. The van der Waals surface area contributed by atoms with E-state index in [0.717, 1.165) is 11.2 Å². The predicted molar refractivity (Wildman–Crippen MR) is 161 cm³/mol. The molecule has 1 aliphatic heterocycles. The summed E-state index contributed by atoms with van der Waals surface area (Å²) in [7, 11) is -0.902. The molecule has 0 N–H and O–H groups in total. The molecule has 0 fully saturated rings. The Morgan fingerprint density at radius 1 is 0.730 bits per heavy atom. The molecule has 3 aliphatic rings. The van der Waals surface area contributed by atoms with Gasteiger partial charge in [0, 0.05) is 10.5 Å². The molecule has 4 aromatic rings. The van der Waals surface area contributed by atoms with Gasteiger partial charge in [-0.2, -0.15) is 0 Å². The smallest absolute Gasteiger partial charge is 0.0223 e. The van der Waals surface area contributed by atoms with Crippen LogP contribution in [0, 0.1) is 5.92 Å². The first-order valence-corrected chi connectivity index (χ1v) is 16.1. The Morgan fingerprint density at radius 3 is 2.16 bits per heavy atom. The van der Waals surface area contributed by atoms with Crippen LogP contribution in [0.5, 0.6) is 0 Å². The van der Waals surface area contributed by atoms with Crippen molar-refractivity contribution in [3.05, 3.63) is 113 Å². The van der Waals surface area contributed by atoms with Crippen LogP contribution in [0.25, 0.3) is 22.3 Å². The average Bonchev–Trinajstić information content (AvgIpc) is 3.48. The van der Waals surface area contributed by atoms with Gasteiger partial charge in [0.2, 0.25) is 0 Å². The number of hydrogen-bond acceptors (Lipinski definition) is 0. The van der Waals surface area contributed by atoms with Crippen molar-refractivity contribution in [2.75, 3.05) is 6.26 Å². The van der Waals surface area contributed by atoms with Crippen molar-refractivity contribution < 1.29 is 0 Å². The SMILES string of the molecule is CC1Cc2c(-c3ccccc3)ccc3c2C1S3(C)C1CCc2c(-c3ccc(C(C)(C)C)cc3)cccc21. The van der Waals surface area contributed by atoms with Crippen LogP contribution in [-0.4, -0.2) is 6.26 Å². The monoisotopic (exact) mass is 502 g/mol. The van der Waals surface area contributed by atoms with Gasteiger partial charge in [0.1, 0.15) is 0 Å². The predicted octanol–water partition coefficient (Wildman–Crippen LogP) is 10.0. The highest BCUT2D eigenvalue weighted by Gasteiger charge is 2.56. The fourth-order valence-electron chi connectivity index (χ4n) is 7.84. The zero-order valence-corrected chi connectivity index (χ0v) is 23.7. The van der Waals surface area contributed by atoms with E-state index in [-0.39, 0.29) is 5.41 Å². The second-order valence-electron chi connectivity index (χ2n) is 12.7. The molecule has 0 amide bonds. The maximum atomic E-state index is 2.68. The summed E-state index contributed by atoms with van der Waals surface area (Å²) in [6, 6.07) is 32.6. The van der Waals surface area contributed by atoms with E-state index in [0.29, 0.717) is 5.25 Å². The third kappa shape index (κ3) is 3.29. The van der Waals surface area contributed by atoms with E-state index < -0.39 is 10.0 Å². The van der Waals surface area contributed by atoms with Crippen LogP contribution in [-0.2, 0) is 18.3 Å². The van der Waals surface area contributed by atoms with Gasteiger partial charge < -0.3 is 0 Å². The van der Waals surface area contributed by atoms with Crippen LogP contribution in [0.15, 0.2) is 89.8 Å². The number of hydrogen-bond donors (Lipinski definition) is 0. The minimum absolute atomic E-state index is 0.190. The topological polar surface area (TPSA) is 0 Å². The molecule has 0 aromatic heterocycles. The zero-order valence-electron chi connectivity index (χ0n) is 22.8. The molecule has 7 rings (SSSR count). The molecule has 0 nitrogen and oxygen atoms in total. The van der Waals surface area contributed by atoms with Crippen LogP contribution < -0.4 is 0 Å². The average molecular weight is 503 g/mol. The molecule has 188 valence electrons. The molecule has 0 spiro atoms. The third-order valence-corrected chi connectivity index (χ3v) is 14.3. The Hall–Kier alpha value is -2.77. The van der Waals surface area contributed by atoms with Crippen LogP contribution in [0.1, 0.15) is 72.4 Å². The lowest BCUT2D eigenvalue weighted by molar-refractivity contribution is 0.589. The molecule has 1 heterocycles. The van der Waals surface area contributed by atoms with E-state index in [2.05, 4.69) is 119 Å². The lowest BCUT2D eigenvalue weighted by Crippen LogP contribution is -2.28. The minimum atomic E-state index is -0.902. The van der Waals surface area contributed by atoms with E-state index in [1.165, 1.54) is 47.1 Å². The molecule has 2 aliphatic carbocycles. The summed E-state index contributed by atoms with van der Waals surface area (Å²) in [6.07, 6.45) is 6.43. The van der Waals surface area contributed by atoms with Gasteiger partial charge in [-0.25, -0.2) is 10.0 Å². The van der Waals surface area contributed by atoms with Gasteiger partial charge in [-0.3, -0.25) is 0 Å². The molecule has 0 saturated heterocycles. The van der Waals surface area contributed by atoms with Gasteiger partial charge in [-0.05, 0) is 97.9 Å². The summed E-state index contributed by atoms with van der Waals surface area (Å²) in [5.74, 6) is 0.740. The van der Waals surface area contributed by atoms with Crippen molar-refractivity contribution in [1.29, 1.82) is 0 Å². The fraction of sp³-hybridized carbons (Fsp3) is 0.333. The highest BCUT2D eigenvalue weighted by Crippen LogP contribution is 2.86. The minimum Gasteiger partial charge on any atom is -0.203 e. The Kier molecular flexibility index (Phi) is 5.12. The maximum absolute atomic E-state index is 2.68. The molecular formula is C36H38S. The van der Waals surface area contributed by atoms with Crippen LogP contribution in [0.3, 0.4) is 0 Å². The summed E-state index contributed by atoms with van der Waals surface area (Å²) >= 11 is 0. The molecule has 0 bridgehead atoms. The zero-order chi connectivity index (χ0) is 25.5. The molecule has 1 heteroatoms. The van der Waals surface area contributed by atoms with Gasteiger partial charge in [-0.1, -0.05) is 107 Å². The Morgan fingerprint density at radius 2 is 1.43 bits per heavy atom. The van der Waals surface area contributed by atoms with Crippen LogP contribution in [0.4, 0.5) is 0 Å². The molecule has 4 aromatic carbocycles. The summed E-state index contributed by atoms with van der Waals surface area (Å²) in [4.78, 5) is 1.72. The Labute approximate surface area is 224 Å². The normalized spacial score (nSPS) is 27.2. The van der Waals surface area contributed by atoms with Crippen molar-refractivity contribution in [3.63, 3.8) is 0 Å². The lowest BCUT2D eigenvalue weighted by Gasteiger charge is -2.58. The van der Waals surface area contributed by atoms with Gasteiger partial charge in [0.25, 0.3) is 0 Å². The molecule has 0 radical (unpaired) electrons. The van der Waals surface area contributed by atoms with E-state index in [4.69, 9.17) is 0 Å².